The largest absolute Gasteiger partial charge is 0.200 e. The van der Waals surface area contributed by atoms with Crippen molar-refractivity contribution in [1.82, 2.24) is 20.0 Å². The standard InChI is InChI=1S/C10H8N4/c1-7-2-3-8-4-5-14-10(9(8)6-7)11-12-13-14/h2-6H,1H3. The fourth-order valence-electron chi connectivity index (χ4n) is 1.63. The molecule has 2 aromatic heterocycles. The average molecular weight is 184 g/mol. The predicted octanol–water partition coefficient (Wildman–Crippen LogP) is 1.59. The van der Waals surface area contributed by atoms with Gasteiger partial charge in [-0.1, -0.05) is 17.7 Å². The summed E-state index contributed by atoms with van der Waals surface area (Å²) < 4.78 is 1.68. The minimum absolute atomic E-state index is 0.811. The zero-order valence-electron chi connectivity index (χ0n) is 7.68. The Morgan fingerprint density at radius 1 is 1.21 bits per heavy atom. The number of aryl methyl sites for hydroxylation is 1. The number of tetrazole rings is 1. The van der Waals surface area contributed by atoms with Gasteiger partial charge in [-0.3, -0.25) is 0 Å². The van der Waals surface area contributed by atoms with Gasteiger partial charge in [-0.2, -0.15) is 0 Å². The number of rotatable bonds is 0. The first kappa shape index (κ1) is 7.44. The maximum atomic E-state index is 3.99. The summed E-state index contributed by atoms with van der Waals surface area (Å²) in [5, 5.41) is 13.7. The van der Waals surface area contributed by atoms with E-state index in [1.54, 1.807) is 4.52 Å². The summed E-state index contributed by atoms with van der Waals surface area (Å²) in [4.78, 5) is 0. The van der Waals surface area contributed by atoms with Crippen LogP contribution in [-0.4, -0.2) is 20.0 Å². The topological polar surface area (TPSA) is 43.1 Å². The number of benzene rings is 1. The molecule has 0 amide bonds. The first-order valence-electron chi connectivity index (χ1n) is 4.42. The van der Waals surface area contributed by atoms with E-state index < -0.39 is 0 Å². The molecule has 0 N–H and O–H groups in total. The smallest absolute Gasteiger partial charge is 0.187 e. The molecule has 0 atom stereocenters. The van der Waals surface area contributed by atoms with Crippen LogP contribution in [0.15, 0.2) is 30.5 Å². The number of hydrogen-bond acceptors (Lipinski definition) is 3. The van der Waals surface area contributed by atoms with Crippen molar-refractivity contribution in [1.29, 1.82) is 0 Å². The molecule has 0 spiro atoms. The normalized spacial score (nSPS) is 11.2. The molecule has 4 nitrogen and oxygen atoms in total. The van der Waals surface area contributed by atoms with Crippen LogP contribution < -0.4 is 0 Å². The summed E-state index contributed by atoms with van der Waals surface area (Å²) in [5.74, 6) is 0. The van der Waals surface area contributed by atoms with Crippen LogP contribution in [0.1, 0.15) is 5.56 Å². The van der Waals surface area contributed by atoms with Gasteiger partial charge in [0.1, 0.15) is 0 Å². The van der Waals surface area contributed by atoms with Gasteiger partial charge < -0.3 is 0 Å². The monoisotopic (exact) mass is 184 g/mol. The molecular weight excluding hydrogens is 176 g/mol. The predicted molar refractivity (Wildman–Crippen MR) is 53.0 cm³/mol. The Kier molecular flexibility index (Phi) is 1.33. The van der Waals surface area contributed by atoms with Gasteiger partial charge in [-0.25, -0.2) is 4.52 Å². The quantitative estimate of drug-likeness (QED) is 0.532. The molecule has 0 bridgehead atoms. The molecule has 0 aliphatic heterocycles. The lowest BCUT2D eigenvalue weighted by Crippen LogP contribution is -1.87. The third-order valence-corrected chi connectivity index (χ3v) is 2.34. The molecule has 0 unspecified atom stereocenters. The Hall–Kier alpha value is -1.97. The maximum absolute atomic E-state index is 3.99. The summed E-state index contributed by atoms with van der Waals surface area (Å²) >= 11 is 0. The lowest BCUT2D eigenvalue weighted by atomic mass is 10.1. The van der Waals surface area contributed by atoms with Crippen molar-refractivity contribution < 1.29 is 0 Å². The van der Waals surface area contributed by atoms with Crippen molar-refractivity contribution in [3.63, 3.8) is 0 Å². The summed E-state index contributed by atoms with van der Waals surface area (Å²) in [7, 11) is 0. The Balaban J connectivity index is 2.60. The SMILES string of the molecule is Cc1ccc2ccn3nnnc3c2c1. The summed E-state index contributed by atoms with van der Waals surface area (Å²) in [6.07, 6.45) is 1.87. The van der Waals surface area contributed by atoms with Crippen LogP contribution in [0.4, 0.5) is 0 Å². The Bertz CT molecular complexity index is 612. The zero-order chi connectivity index (χ0) is 9.54. The molecule has 0 saturated heterocycles. The summed E-state index contributed by atoms with van der Waals surface area (Å²) in [6.45, 7) is 2.06. The maximum Gasteiger partial charge on any atom is 0.187 e. The second-order valence-electron chi connectivity index (χ2n) is 3.35. The summed E-state index contributed by atoms with van der Waals surface area (Å²) in [5.41, 5.74) is 2.03. The van der Waals surface area contributed by atoms with Crippen LogP contribution in [0.2, 0.25) is 0 Å². The van der Waals surface area contributed by atoms with Gasteiger partial charge in [0.05, 0.1) is 0 Å². The minimum atomic E-state index is 0.811. The van der Waals surface area contributed by atoms with Gasteiger partial charge in [0, 0.05) is 11.6 Å². The first-order valence-corrected chi connectivity index (χ1v) is 4.42. The van der Waals surface area contributed by atoms with E-state index in [9.17, 15) is 0 Å². The van der Waals surface area contributed by atoms with Gasteiger partial charge >= 0.3 is 0 Å². The van der Waals surface area contributed by atoms with Crippen molar-refractivity contribution >= 4 is 16.4 Å². The van der Waals surface area contributed by atoms with E-state index >= 15 is 0 Å². The van der Waals surface area contributed by atoms with E-state index in [1.165, 1.54) is 5.56 Å². The number of nitrogens with zero attached hydrogens (tertiary/aromatic N) is 4. The molecule has 1 aromatic carbocycles. The molecule has 0 aliphatic rings. The highest BCUT2D eigenvalue weighted by Gasteiger charge is 2.02. The lowest BCUT2D eigenvalue weighted by Gasteiger charge is -1.99. The molecule has 3 rings (SSSR count). The van der Waals surface area contributed by atoms with E-state index in [1.807, 2.05) is 12.3 Å². The van der Waals surface area contributed by atoms with E-state index in [0.29, 0.717) is 0 Å². The molecule has 68 valence electrons. The van der Waals surface area contributed by atoms with Gasteiger partial charge in [0.15, 0.2) is 5.65 Å². The van der Waals surface area contributed by atoms with Crippen LogP contribution in [0.5, 0.6) is 0 Å². The van der Waals surface area contributed by atoms with Gasteiger partial charge in [-0.15, -0.1) is 5.10 Å². The third-order valence-electron chi connectivity index (χ3n) is 2.34. The second-order valence-corrected chi connectivity index (χ2v) is 3.35. The molecule has 0 saturated carbocycles. The van der Waals surface area contributed by atoms with Crippen LogP contribution in [-0.2, 0) is 0 Å². The van der Waals surface area contributed by atoms with Crippen LogP contribution >= 0.6 is 0 Å². The van der Waals surface area contributed by atoms with Crippen molar-refractivity contribution in [3.05, 3.63) is 36.0 Å². The van der Waals surface area contributed by atoms with Crippen molar-refractivity contribution in [2.24, 2.45) is 0 Å². The van der Waals surface area contributed by atoms with E-state index in [-0.39, 0.29) is 0 Å². The van der Waals surface area contributed by atoms with E-state index in [4.69, 9.17) is 0 Å². The number of hydrogen-bond donors (Lipinski definition) is 0. The highest BCUT2D eigenvalue weighted by atomic mass is 15.5. The van der Waals surface area contributed by atoms with Crippen LogP contribution in [0.3, 0.4) is 0 Å². The fourth-order valence-corrected chi connectivity index (χ4v) is 1.63. The highest BCUT2D eigenvalue weighted by Crippen LogP contribution is 2.18. The molecule has 0 aliphatic carbocycles. The van der Waals surface area contributed by atoms with Crippen LogP contribution in [0.25, 0.3) is 16.4 Å². The third kappa shape index (κ3) is 0.907. The minimum Gasteiger partial charge on any atom is -0.200 e. The van der Waals surface area contributed by atoms with E-state index in [0.717, 1.165) is 16.4 Å². The van der Waals surface area contributed by atoms with Gasteiger partial charge in [0.2, 0.25) is 0 Å². The van der Waals surface area contributed by atoms with Gasteiger partial charge in [0.25, 0.3) is 0 Å². The molecule has 14 heavy (non-hydrogen) atoms. The van der Waals surface area contributed by atoms with E-state index in [2.05, 4.69) is 40.6 Å². The lowest BCUT2D eigenvalue weighted by molar-refractivity contribution is 0.824. The summed E-state index contributed by atoms with van der Waals surface area (Å²) in [6, 6.07) is 8.28. The number of fused-ring (bicyclic) bond motifs is 3. The average Bonchev–Trinajstić information content (AvgIpc) is 2.65. The molecular formula is C10H8N4. The molecule has 0 fully saturated rings. The Labute approximate surface area is 80.2 Å². The molecule has 0 radical (unpaired) electrons. The van der Waals surface area contributed by atoms with Crippen LogP contribution in [0, 0.1) is 6.92 Å². The number of aromatic nitrogens is 4. The molecule has 4 heteroatoms. The fraction of sp³-hybridized carbons (Fsp3) is 0.100. The zero-order valence-corrected chi connectivity index (χ0v) is 7.68. The van der Waals surface area contributed by atoms with Crippen molar-refractivity contribution in [3.8, 4) is 0 Å². The highest BCUT2D eigenvalue weighted by molar-refractivity contribution is 5.93. The molecule has 3 aromatic rings. The molecule has 2 heterocycles. The second kappa shape index (κ2) is 2.51. The first-order chi connectivity index (χ1) is 6.84. The number of pyridine rings is 1. The Morgan fingerprint density at radius 3 is 3.07 bits per heavy atom. The Morgan fingerprint density at radius 2 is 2.14 bits per heavy atom. The van der Waals surface area contributed by atoms with Crippen molar-refractivity contribution in [2.75, 3.05) is 0 Å². The van der Waals surface area contributed by atoms with Gasteiger partial charge in [-0.05, 0) is 34.9 Å². The van der Waals surface area contributed by atoms with Crippen molar-refractivity contribution in [2.45, 2.75) is 6.92 Å².